The molecule has 1 rings (SSSR count). The van der Waals surface area contributed by atoms with Crippen LogP contribution in [0.25, 0.3) is 0 Å². The monoisotopic (exact) mass is 253 g/mol. The van der Waals surface area contributed by atoms with Gasteiger partial charge in [0.05, 0.1) is 6.20 Å². The number of aromatic amines is 1. The normalized spacial score (nSPS) is 11.9. The molecule has 1 aromatic rings. The Kier molecular flexibility index (Phi) is 4.59. The summed E-state index contributed by atoms with van der Waals surface area (Å²) in [6.07, 6.45) is 2.80. The van der Waals surface area contributed by atoms with Gasteiger partial charge in [0.15, 0.2) is 0 Å². The van der Waals surface area contributed by atoms with Gasteiger partial charge in [-0.25, -0.2) is 4.98 Å². The summed E-state index contributed by atoms with van der Waals surface area (Å²) in [5, 5.41) is 8.80. The van der Waals surface area contributed by atoms with E-state index in [1.54, 1.807) is 6.92 Å². The Morgan fingerprint density at radius 2 is 2.22 bits per heavy atom. The van der Waals surface area contributed by atoms with Crippen LogP contribution in [0, 0.1) is 0 Å². The van der Waals surface area contributed by atoms with E-state index in [2.05, 4.69) is 9.97 Å². The third-order valence-electron chi connectivity index (χ3n) is 2.58. The lowest BCUT2D eigenvalue weighted by Gasteiger charge is -2.26. The molecule has 1 amide bonds. The zero-order chi connectivity index (χ0) is 13.7. The topological polar surface area (TPSA) is 103 Å². The molecule has 0 aliphatic carbocycles. The van der Waals surface area contributed by atoms with Gasteiger partial charge in [-0.3, -0.25) is 14.4 Å². The zero-order valence-corrected chi connectivity index (χ0v) is 10.2. The molecule has 0 saturated carbocycles. The molecule has 0 spiro atoms. The Morgan fingerprint density at radius 3 is 2.67 bits per heavy atom. The van der Waals surface area contributed by atoms with Gasteiger partial charge in [0, 0.05) is 12.2 Å². The highest BCUT2D eigenvalue weighted by Gasteiger charge is 2.23. The highest BCUT2D eigenvalue weighted by molar-refractivity contribution is 5.94. The van der Waals surface area contributed by atoms with Crippen molar-refractivity contribution in [3.05, 3.63) is 28.4 Å². The fourth-order valence-corrected chi connectivity index (χ4v) is 1.40. The number of nitrogens with zero attached hydrogens (tertiary/aromatic N) is 2. The van der Waals surface area contributed by atoms with Gasteiger partial charge in [-0.05, 0) is 13.3 Å². The van der Waals surface area contributed by atoms with Crippen molar-refractivity contribution in [2.24, 2.45) is 0 Å². The van der Waals surface area contributed by atoms with E-state index in [9.17, 15) is 14.4 Å². The molecule has 1 aromatic heterocycles. The second kappa shape index (κ2) is 5.95. The molecule has 2 N–H and O–H groups in total. The van der Waals surface area contributed by atoms with Gasteiger partial charge in [-0.2, -0.15) is 0 Å². The van der Waals surface area contributed by atoms with Crippen molar-refractivity contribution in [1.82, 2.24) is 14.9 Å². The van der Waals surface area contributed by atoms with E-state index in [0.717, 1.165) is 6.20 Å². The van der Waals surface area contributed by atoms with Crippen molar-refractivity contribution in [1.29, 1.82) is 0 Å². The van der Waals surface area contributed by atoms with Crippen LogP contribution in [0.2, 0.25) is 0 Å². The number of carboxylic acid groups (broad SMARTS) is 1. The molecule has 7 heteroatoms. The molecule has 0 aromatic carbocycles. The molecule has 0 bridgehead atoms. The molecule has 98 valence electrons. The summed E-state index contributed by atoms with van der Waals surface area (Å²) in [6.45, 7) is 3.22. The van der Waals surface area contributed by atoms with E-state index >= 15 is 0 Å². The Hall–Kier alpha value is -2.18. The van der Waals surface area contributed by atoms with Gasteiger partial charge in [0.1, 0.15) is 12.2 Å². The number of rotatable bonds is 5. The Bertz CT molecular complexity index is 477. The molecule has 18 heavy (non-hydrogen) atoms. The van der Waals surface area contributed by atoms with E-state index < -0.39 is 24.0 Å². The molecular formula is C11H15N3O4. The van der Waals surface area contributed by atoms with Gasteiger partial charge >= 0.3 is 5.97 Å². The SMILES string of the molecule is CCC(C)N(CC(=O)O)C(=O)c1c[nH]c(=O)cn1. The smallest absolute Gasteiger partial charge is 0.323 e. The van der Waals surface area contributed by atoms with Crippen LogP contribution in [0.1, 0.15) is 30.8 Å². The van der Waals surface area contributed by atoms with Crippen molar-refractivity contribution in [2.75, 3.05) is 6.54 Å². The standard InChI is InChI=1S/C11H15N3O4/c1-3-7(2)14(6-10(16)17)11(18)8-4-13-9(15)5-12-8/h4-5,7H,3,6H2,1-2H3,(H,13,15)(H,16,17). The van der Waals surface area contributed by atoms with Gasteiger partial charge in [0.2, 0.25) is 0 Å². The van der Waals surface area contributed by atoms with Crippen LogP contribution in [0.3, 0.4) is 0 Å². The number of carbonyl (C=O) groups excluding carboxylic acids is 1. The molecule has 0 fully saturated rings. The summed E-state index contributed by atoms with van der Waals surface area (Å²) in [7, 11) is 0. The van der Waals surface area contributed by atoms with E-state index in [1.807, 2.05) is 6.92 Å². The first kappa shape index (κ1) is 13.9. The maximum absolute atomic E-state index is 12.1. The summed E-state index contributed by atoms with van der Waals surface area (Å²) in [5.41, 5.74) is -0.393. The van der Waals surface area contributed by atoms with Crippen LogP contribution in [-0.4, -0.2) is 44.4 Å². The number of carboxylic acids is 1. The van der Waals surface area contributed by atoms with Gasteiger partial charge in [-0.1, -0.05) is 6.92 Å². The average Bonchev–Trinajstić information content (AvgIpc) is 2.35. The first-order chi connectivity index (χ1) is 8.45. The fourth-order valence-electron chi connectivity index (χ4n) is 1.40. The van der Waals surface area contributed by atoms with Crippen LogP contribution in [-0.2, 0) is 4.79 Å². The van der Waals surface area contributed by atoms with Crippen LogP contribution < -0.4 is 5.56 Å². The maximum atomic E-state index is 12.1. The highest BCUT2D eigenvalue weighted by atomic mass is 16.4. The Labute approximate surface area is 103 Å². The van der Waals surface area contributed by atoms with Crippen molar-refractivity contribution in [3.8, 4) is 0 Å². The molecule has 0 aliphatic heterocycles. The lowest BCUT2D eigenvalue weighted by molar-refractivity contribution is -0.138. The van der Waals surface area contributed by atoms with Crippen molar-refractivity contribution < 1.29 is 14.7 Å². The number of nitrogens with one attached hydrogen (secondary N) is 1. The van der Waals surface area contributed by atoms with Gasteiger partial charge in [-0.15, -0.1) is 0 Å². The summed E-state index contributed by atoms with van der Waals surface area (Å²) < 4.78 is 0. The fraction of sp³-hybridized carbons (Fsp3) is 0.455. The largest absolute Gasteiger partial charge is 0.480 e. The quantitative estimate of drug-likeness (QED) is 0.774. The van der Waals surface area contributed by atoms with Crippen LogP contribution >= 0.6 is 0 Å². The Balaban J connectivity index is 2.97. The number of amides is 1. The number of carbonyl (C=O) groups is 2. The third kappa shape index (κ3) is 3.41. The minimum absolute atomic E-state index is 0.0242. The second-order valence-corrected chi connectivity index (χ2v) is 3.88. The van der Waals surface area contributed by atoms with E-state index in [1.165, 1.54) is 11.1 Å². The number of aromatic nitrogens is 2. The van der Waals surface area contributed by atoms with E-state index in [4.69, 9.17) is 5.11 Å². The van der Waals surface area contributed by atoms with E-state index in [0.29, 0.717) is 6.42 Å². The Morgan fingerprint density at radius 1 is 1.56 bits per heavy atom. The molecule has 1 heterocycles. The predicted molar refractivity (Wildman–Crippen MR) is 63.3 cm³/mol. The van der Waals surface area contributed by atoms with Crippen LogP contribution in [0.15, 0.2) is 17.2 Å². The van der Waals surface area contributed by atoms with Gasteiger partial charge in [0.25, 0.3) is 11.5 Å². The maximum Gasteiger partial charge on any atom is 0.323 e. The molecule has 0 saturated heterocycles. The van der Waals surface area contributed by atoms with Crippen molar-refractivity contribution in [3.63, 3.8) is 0 Å². The summed E-state index contributed by atoms with van der Waals surface area (Å²) >= 11 is 0. The number of hydrogen-bond donors (Lipinski definition) is 2. The molecule has 7 nitrogen and oxygen atoms in total. The minimum atomic E-state index is -1.09. The average molecular weight is 253 g/mol. The summed E-state index contributed by atoms with van der Waals surface area (Å²) in [6, 6.07) is -0.220. The third-order valence-corrected chi connectivity index (χ3v) is 2.58. The lowest BCUT2D eigenvalue weighted by Crippen LogP contribution is -2.42. The predicted octanol–water partition coefficient (Wildman–Crippen LogP) is 0.0952. The van der Waals surface area contributed by atoms with Crippen molar-refractivity contribution in [2.45, 2.75) is 26.3 Å². The van der Waals surface area contributed by atoms with E-state index in [-0.39, 0.29) is 11.7 Å². The second-order valence-electron chi connectivity index (χ2n) is 3.88. The molecule has 0 aliphatic rings. The highest BCUT2D eigenvalue weighted by Crippen LogP contribution is 2.07. The minimum Gasteiger partial charge on any atom is -0.480 e. The van der Waals surface area contributed by atoms with Crippen molar-refractivity contribution >= 4 is 11.9 Å². The summed E-state index contributed by atoms with van der Waals surface area (Å²) in [4.78, 5) is 40.9. The number of H-pyrrole nitrogens is 1. The molecule has 1 atom stereocenters. The first-order valence-electron chi connectivity index (χ1n) is 5.53. The first-order valence-corrected chi connectivity index (χ1v) is 5.53. The molecule has 0 radical (unpaired) electrons. The van der Waals surface area contributed by atoms with Crippen LogP contribution in [0.4, 0.5) is 0 Å². The van der Waals surface area contributed by atoms with Crippen LogP contribution in [0.5, 0.6) is 0 Å². The van der Waals surface area contributed by atoms with Gasteiger partial charge < -0.3 is 15.0 Å². The lowest BCUT2D eigenvalue weighted by atomic mass is 10.2. The zero-order valence-electron chi connectivity index (χ0n) is 10.2. The molecule has 1 unspecified atom stereocenters. The number of hydrogen-bond acceptors (Lipinski definition) is 4. The molecular weight excluding hydrogens is 238 g/mol. The number of aliphatic carboxylic acids is 1. The summed E-state index contributed by atoms with van der Waals surface area (Å²) in [5.74, 6) is -1.60.